The maximum atomic E-state index is 5.98. The number of hydrogen-bond acceptors (Lipinski definition) is 3. The van der Waals surface area contributed by atoms with Crippen molar-refractivity contribution in [2.45, 2.75) is 33.2 Å². The summed E-state index contributed by atoms with van der Waals surface area (Å²) >= 11 is 5.98. The third kappa shape index (κ3) is 1.82. The summed E-state index contributed by atoms with van der Waals surface area (Å²) in [5, 5.41) is 3.78. The minimum Gasteiger partial charge on any atom is -0.364 e. The molecule has 1 saturated carbocycles. The zero-order valence-corrected chi connectivity index (χ0v) is 9.39. The van der Waals surface area contributed by atoms with Crippen LogP contribution in [-0.4, -0.2) is 16.0 Å². The molecule has 1 aromatic rings. The lowest BCUT2D eigenvalue weighted by Gasteiger charge is -2.08. The fourth-order valence-electron chi connectivity index (χ4n) is 1.37. The van der Waals surface area contributed by atoms with E-state index in [9.17, 15) is 0 Å². The van der Waals surface area contributed by atoms with E-state index >= 15 is 0 Å². The first-order valence-electron chi connectivity index (χ1n) is 4.85. The predicted molar refractivity (Wildman–Crippen MR) is 57.7 cm³/mol. The number of rotatable bonds is 2. The summed E-state index contributed by atoms with van der Waals surface area (Å²) in [6.45, 7) is 6.07. The van der Waals surface area contributed by atoms with Crippen LogP contribution in [0.5, 0.6) is 0 Å². The van der Waals surface area contributed by atoms with Gasteiger partial charge in [0.1, 0.15) is 0 Å². The molecule has 1 aliphatic carbocycles. The number of anilines is 1. The van der Waals surface area contributed by atoms with E-state index in [1.807, 2.05) is 13.8 Å². The van der Waals surface area contributed by atoms with Crippen LogP contribution < -0.4 is 5.32 Å². The molecule has 0 spiro atoms. The molecule has 14 heavy (non-hydrogen) atoms. The van der Waals surface area contributed by atoms with Gasteiger partial charge in [-0.05, 0) is 26.2 Å². The normalized spacial score (nSPS) is 24.9. The van der Waals surface area contributed by atoms with Crippen molar-refractivity contribution in [3.05, 3.63) is 16.5 Å². The van der Waals surface area contributed by atoms with E-state index in [-0.39, 0.29) is 0 Å². The summed E-state index contributed by atoms with van der Waals surface area (Å²) in [6, 6.07) is 0.531. The summed E-state index contributed by atoms with van der Waals surface area (Å²) in [4.78, 5) is 8.60. The van der Waals surface area contributed by atoms with Gasteiger partial charge in [-0.15, -0.1) is 0 Å². The zero-order chi connectivity index (χ0) is 10.3. The van der Waals surface area contributed by atoms with Gasteiger partial charge in [-0.1, -0.05) is 18.5 Å². The Kier molecular flexibility index (Phi) is 2.35. The molecule has 1 aromatic heterocycles. The van der Waals surface area contributed by atoms with Gasteiger partial charge in [0.2, 0.25) is 0 Å². The van der Waals surface area contributed by atoms with Gasteiger partial charge in [-0.2, -0.15) is 0 Å². The molecule has 4 heteroatoms. The molecule has 2 unspecified atom stereocenters. The SMILES string of the molecule is Cc1nc(Cl)c(NC2CC2C)nc1C. The molecule has 0 bridgehead atoms. The molecule has 0 saturated heterocycles. The summed E-state index contributed by atoms with van der Waals surface area (Å²) < 4.78 is 0. The molecular weight excluding hydrogens is 198 g/mol. The monoisotopic (exact) mass is 211 g/mol. The third-order valence-electron chi connectivity index (χ3n) is 2.70. The first kappa shape index (κ1) is 9.71. The highest BCUT2D eigenvalue weighted by molar-refractivity contribution is 6.31. The highest BCUT2D eigenvalue weighted by Gasteiger charge is 2.33. The summed E-state index contributed by atoms with van der Waals surface area (Å²) in [5.41, 5.74) is 1.83. The minimum atomic E-state index is 0.479. The van der Waals surface area contributed by atoms with Crippen LogP contribution in [0.3, 0.4) is 0 Å². The van der Waals surface area contributed by atoms with E-state index in [2.05, 4.69) is 22.2 Å². The van der Waals surface area contributed by atoms with Gasteiger partial charge in [0.15, 0.2) is 11.0 Å². The topological polar surface area (TPSA) is 37.8 Å². The number of aromatic nitrogens is 2. The summed E-state index contributed by atoms with van der Waals surface area (Å²) in [5.74, 6) is 1.46. The van der Waals surface area contributed by atoms with E-state index in [0.29, 0.717) is 11.2 Å². The molecule has 76 valence electrons. The molecular formula is C10H14ClN3. The van der Waals surface area contributed by atoms with Gasteiger partial charge in [-0.25, -0.2) is 9.97 Å². The second-order valence-electron chi connectivity index (χ2n) is 4.00. The lowest BCUT2D eigenvalue weighted by molar-refractivity contribution is 0.916. The van der Waals surface area contributed by atoms with Gasteiger partial charge >= 0.3 is 0 Å². The Morgan fingerprint density at radius 3 is 2.43 bits per heavy atom. The molecule has 0 aliphatic heterocycles. The predicted octanol–water partition coefficient (Wildman–Crippen LogP) is 2.57. The van der Waals surface area contributed by atoms with Crippen molar-refractivity contribution < 1.29 is 0 Å². The van der Waals surface area contributed by atoms with Crippen molar-refractivity contribution in [1.82, 2.24) is 9.97 Å². The molecule has 1 aliphatic rings. The minimum absolute atomic E-state index is 0.479. The summed E-state index contributed by atoms with van der Waals surface area (Å²) in [7, 11) is 0. The third-order valence-corrected chi connectivity index (χ3v) is 2.96. The summed E-state index contributed by atoms with van der Waals surface area (Å²) in [6.07, 6.45) is 1.20. The zero-order valence-electron chi connectivity index (χ0n) is 8.63. The van der Waals surface area contributed by atoms with Crippen LogP contribution >= 0.6 is 11.6 Å². The van der Waals surface area contributed by atoms with Crippen LogP contribution in [-0.2, 0) is 0 Å². The van der Waals surface area contributed by atoms with Gasteiger partial charge < -0.3 is 5.32 Å². The molecule has 0 radical (unpaired) electrons. The molecule has 2 atom stereocenters. The van der Waals surface area contributed by atoms with E-state index in [4.69, 9.17) is 11.6 Å². The van der Waals surface area contributed by atoms with Crippen LogP contribution in [0.25, 0.3) is 0 Å². The fraction of sp³-hybridized carbons (Fsp3) is 0.600. The number of halogens is 1. The second-order valence-corrected chi connectivity index (χ2v) is 4.36. The van der Waals surface area contributed by atoms with Crippen LogP contribution in [0, 0.1) is 19.8 Å². The van der Waals surface area contributed by atoms with E-state index in [1.165, 1.54) is 6.42 Å². The Morgan fingerprint density at radius 2 is 1.86 bits per heavy atom. The van der Waals surface area contributed by atoms with Crippen molar-refractivity contribution in [2.24, 2.45) is 5.92 Å². The van der Waals surface area contributed by atoms with Crippen molar-refractivity contribution in [3.8, 4) is 0 Å². The van der Waals surface area contributed by atoms with Gasteiger partial charge in [0.25, 0.3) is 0 Å². The van der Waals surface area contributed by atoms with Crippen molar-refractivity contribution in [3.63, 3.8) is 0 Å². The van der Waals surface area contributed by atoms with Crippen LogP contribution in [0.1, 0.15) is 24.7 Å². The molecule has 0 amide bonds. The van der Waals surface area contributed by atoms with Crippen LogP contribution in [0.15, 0.2) is 0 Å². The Labute approximate surface area is 88.9 Å². The van der Waals surface area contributed by atoms with E-state index in [1.54, 1.807) is 0 Å². The Hall–Kier alpha value is -0.830. The number of nitrogens with one attached hydrogen (secondary N) is 1. The highest BCUT2D eigenvalue weighted by Crippen LogP contribution is 2.33. The second kappa shape index (κ2) is 3.39. The standard InChI is InChI=1S/C10H14ClN3/c1-5-4-8(5)14-10-9(11)12-6(2)7(3)13-10/h5,8H,4H2,1-3H3,(H,13,14). The van der Waals surface area contributed by atoms with Crippen molar-refractivity contribution in [2.75, 3.05) is 5.32 Å². The molecule has 2 rings (SSSR count). The Morgan fingerprint density at radius 1 is 1.29 bits per heavy atom. The first-order chi connectivity index (χ1) is 6.58. The van der Waals surface area contributed by atoms with Gasteiger partial charge in [0.05, 0.1) is 11.4 Å². The Balaban J connectivity index is 2.20. The van der Waals surface area contributed by atoms with Crippen LogP contribution in [0.2, 0.25) is 5.15 Å². The molecule has 1 heterocycles. The van der Waals surface area contributed by atoms with E-state index < -0.39 is 0 Å². The van der Waals surface area contributed by atoms with E-state index in [0.717, 1.165) is 23.1 Å². The number of hydrogen-bond donors (Lipinski definition) is 1. The van der Waals surface area contributed by atoms with Gasteiger partial charge in [-0.3, -0.25) is 0 Å². The molecule has 1 fully saturated rings. The molecule has 3 nitrogen and oxygen atoms in total. The van der Waals surface area contributed by atoms with Crippen molar-refractivity contribution >= 4 is 17.4 Å². The molecule has 0 aromatic carbocycles. The number of aryl methyl sites for hydroxylation is 2. The molecule has 1 N–H and O–H groups in total. The number of nitrogens with zero attached hydrogens (tertiary/aromatic N) is 2. The average molecular weight is 212 g/mol. The van der Waals surface area contributed by atoms with Crippen LogP contribution in [0.4, 0.5) is 5.82 Å². The highest BCUT2D eigenvalue weighted by atomic mass is 35.5. The maximum absolute atomic E-state index is 5.98. The lowest BCUT2D eigenvalue weighted by Crippen LogP contribution is -2.08. The van der Waals surface area contributed by atoms with Crippen molar-refractivity contribution in [1.29, 1.82) is 0 Å². The quantitative estimate of drug-likeness (QED) is 0.817. The first-order valence-corrected chi connectivity index (χ1v) is 5.23. The van der Waals surface area contributed by atoms with Gasteiger partial charge in [0, 0.05) is 6.04 Å². The largest absolute Gasteiger partial charge is 0.364 e. The smallest absolute Gasteiger partial charge is 0.171 e. The average Bonchev–Trinajstić information content (AvgIpc) is 2.78. The fourth-order valence-corrected chi connectivity index (χ4v) is 1.59. The Bertz CT molecular complexity index is 365. The maximum Gasteiger partial charge on any atom is 0.171 e. The lowest BCUT2D eigenvalue weighted by atomic mass is 10.3.